The quantitative estimate of drug-likeness (QED) is 0.893. The highest BCUT2D eigenvalue weighted by atomic mass is 32.1. The van der Waals surface area contributed by atoms with Gasteiger partial charge in [-0.2, -0.15) is 4.37 Å². The van der Waals surface area contributed by atoms with E-state index >= 15 is 0 Å². The maximum Gasteiger partial charge on any atom is 0.357 e. The van der Waals surface area contributed by atoms with Crippen molar-refractivity contribution >= 4 is 29.1 Å². The molecule has 1 amide bonds. The maximum absolute atomic E-state index is 13.4. The van der Waals surface area contributed by atoms with Gasteiger partial charge in [0, 0.05) is 12.3 Å². The largest absolute Gasteiger partial charge is 0.476 e. The predicted octanol–water partition coefficient (Wildman–Crippen LogP) is 2.59. The molecular formula is C13H8F2N2O3S. The lowest BCUT2D eigenvalue weighted by Gasteiger charge is -2.22. The molecule has 1 aliphatic heterocycles. The number of anilines is 1. The minimum atomic E-state index is -1.25. The zero-order valence-corrected chi connectivity index (χ0v) is 11.2. The van der Waals surface area contributed by atoms with Crippen LogP contribution < -0.4 is 5.32 Å². The summed E-state index contributed by atoms with van der Waals surface area (Å²) >= 11 is 0.934. The molecule has 3 rings (SSSR count). The molecule has 2 heterocycles. The molecule has 0 saturated heterocycles. The smallest absolute Gasteiger partial charge is 0.357 e. The molecule has 21 heavy (non-hydrogen) atoms. The van der Waals surface area contributed by atoms with Crippen LogP contribution in [-0.4, -0.2) is 21.4 Å². The number of aromatic nitrogens is 1. The van der Waals surface area contributed by atoms with Crippen molar-refractivity contribution in [1.82, 2.24) is 4.37 Å². The van der Waals surface area contributed by atoms with Gasteiger partial charge in [0.05, 0.1) is 10.6 Å². The predicted molar refractivity (Wildman–Crippen MR) is 70.5 cm³/mol. The summed E-state index contributed by atoms with van der Waals surface area (Å²) in [4.78, 5) is 23.3. The molecule has 1 atom stereocenters. The Bertz CT molecular complexity index is 760. The lowest BCUT2D eigenvalue weighted by Crippen LogP contribution is -2.23. The number of carboxylic acid groups (broad SMARTS) is 1. The number of halogens is 2. The number of carboxylic acids is 1. The van der Waals surface area contributed by atoms with Crippen molar-refractivity contribution in [1.29, 1.82) is 0 Å². The molecule has 108 valence electrons. The van der Waals surface area contributed by atoms with Crippen molar-refractivity contribution in [3.63, 3.8) is 0 Å². The number of carbonyl (C=O) groups is 2. The SMILES string of the molecule is O=C1C[C@H](c2ccc(F)c(F)c2)c2snc(C(=O)O)c2N1. The van der Waals surface area contributed by atoms with E-state index in [9.17, 15) is 18.4 Å². The summed E-state index contributed by atoms with van der Waals surface area (Å²) in [6.45, 7) is 0. The van der Waals surface area contributed by atoms with Gasteiger partial charge in [0.2, 0.25) is 5.91 Å². The average Bonchev–Trinajstić information content (AvgIpc) is 2.84. The summed E-state index contributed by atoms with van der Waals surface area (Å²) in [6.07, 6.45) is 0.0271. The van der Waals surface area contributed by atoms with Crippen molar-refractivity contribution in [3.05, 3.63) is 46.0 Å². The van der Waals surface area contributed by atoms with Crippen molar-refractivity contribution < 1.29 is 23.5 Å². The van der Waals surface area contributed by atoms with Gasteiger partial charge in [-0.05, 0) is 29.2 Å². The summed E-state index contributed by atoms with van der Waals surface area (Å²) in [7, 11) is 0. The maximum atomic E-state index is 13.4. The molecule has 1 aromatic heterocycles. The zero-order chi connectivity index (χ0) is 15.1. The number of aromatic carboxylic acids is 1. The number of rotatable bonds is 2. The summed E-state index contributed by atoms with van der Waals surface area (Å²) in [5.41, 5.74) is 0.305. The normalized spacial score (nSPS) is 17.2. The van der Waals surface area contributed by atoms with Crippen molar-refractivity contribution in [2.45, 2.75) is 12.3 Å². The number of carbonyl (C=O) groups excluding carboxylic acids is 1. The fourth-order valence-electron chi connectivity index (χ4n) is 2.27. The van der Waals surface area contributed by atoms with Crippen LogP contribution >= 0.6 is 11.5 Å². The van der Waals surface area contributed by atoms with Gasteiger partial charge in [0.1, 0.15) is 0 Å². The third kappa shape index (κ3) is 2.27. The van der Waals surface area contributed by atoms with Crippen molar-refractivity contribution in [2.75, 3.05) is 5.32 Å². The van der Waals surface area contributed by atoms with E-state index in [0.717, 1.165) is 23.7 Å². The Morgan fingerprint density at radius 3 is 2.81 bits per heavy atom. The fourth-order valence-corrected chi connectivity index (χ4v) is 3.22. The Morgan fingerprint density at radius 2 is 2.14 bits per heavy atom. The first-order valence-electron chi connectivity index (χ1n) is 5.95. The van der Waals surface area contributed by atoms with Gasteiger partial charge in [-0.3, -0.25) is 4.79 Å². The van der Waals surface area contributed by atoms with E-state index in [0.29, 0.717) is 10.4 Å². The highest BCUT2D eigenvalue weighted by Crippen LogP contribution is 2.41. The van der Waals surface area contributed by atoms with Crippen LogP contribution in [-0.2, 0) is 4.79 Å². The summed E-state index contributed by atoms with van der Waals surface area (Å²) in [5, 5.41) is 11.5. The number of nitrogens with zero attached hydrogens (tertiary/aromatic N) is 1. The van der Waals surface area contributed by atoms with Crippen LogP contribution in [0.25, 0.3) is 0 Å². The van der Waals surface area contributed by atoms with Crippen LogP contribution in [0.4, 0.5) is 14.5 Å². The fraction of sp³-hybridized carbons (Fsp3) is 0.154. The van der Waals surface area contributed by atoms with E-state index in [2.05, 4.69) is 9.69 Å². The monoisotopic (exact) mass is 310 g/mol. The topological polar surface area (TPSA) is 79.3 Å². The highest BCUT2D eigenvalue weighted by molar-refractivity contribution is 7.06. The lowest BCUT2D eigenvalue weighted by atomic mass is 9.90. The van der Waals surface area contributed by atoms with E-state index in [1.54, 1.807) is 0 Å². The van der Waals surface area contributed by atoms with Crippen molar-refractivity contribution in [2.24, 2.45) is 0 Å². The second kappa shape index (κ2) is 4.88. The third-order valence-corrected chi connectivity index (χ3v) is 4.20. The molecule has 0 fully saturated rings. The molecule has 1 aliphatic rings. The second-order valence-electron chi connectivity index (χ2n) is 4.55. The number of fused-ring (bicyclic) bond motifs is 1. The van der Waals surface area contributed by atoms with Gasteiger partial charge in [0.15, 0.2) is 17.3 Å². The van der Waals surface area contributed by atoms with Crippen LogP contribution in [0.1, 0.15) is 33.3 Å². The van der Waals surface area contributed by atoms with Gasteiger partial charge in [-0.1, -0.05) is 6.07 Å². The van der Waals surface area contributed by atoms with E-state index < -0.39 is 23.5 Å². The first kappa shape index (κ1) is 13.6. The number of hydrogen-bond donors (Lipinski definition) is 2. The number of benzene rings is 1. The van der Waals surface area contributed by atoms with Crippen LogP contribution in [0.3, 0.4) is 0 Å². The average molecular weight is 310 g/mol. The molecule has 0 radical (unpaired) electrons. The van der Waals surface area contributed by atoms with E-state index in [1.807, 2.05) is 0 Å². The van der Waals surface area contributed by atoms with Gasteiger partial charge in [0.25, 0.3) is 0 Å². The molecule has 0 bridgehead atoms. The van der Waals surface area contributed by atoms with Crippen LogP contribution in [0.15, 0.2) is 18.2 Å². The van der Waals surface area contributed by atoms with E-state index in [-0.39, 0.29) is 23.7 Å². The third-order valence-electron chi connectivity index (χ3n) is 3.24. The summed E-state index contributed by atoms with van der Waals surface area (Å²) < 4.78 is 30.2. The first-order chi connectivity index (χ1) is 9.97. The number of amides is 1. The summed E-state index contributed by atoms with van der Waals surface area (Å²) in [5.74, 6) is -4.16. The van der Waals surface area contributed by atoms with E-state index in [4.69, 9.17) is 5.11 Å². The Balaban J connectivity index is 2.11. The van der Waals surface area contributed by atoms with Crippen molar-refractivity contribution in [3.8, 4) is 0 Å². The molecule has 8 heteroatoms. The second-order valence-corrected chi connectivity index (χ2v) is 5.36. The molecular weight excluding hydrogens is 302 g/mol. The number of nitrogens with one attached hydrogen (secondary N) is 1. The van der Waals surface area contributed by atoms with Crippen LogP contribution in [0.2, 0.25) is 0 Å². The number of hydrogen-bond acceptors (Lipinski definition) is 4. The Hall–Kier alpha value is -2.35. The molecule has 2 aromatic rings. The molecule has 2 N–H and O–H groups in total. The van der Waals surface area contributed by atoms with Gasteiger partial charge in [-0.15, -0.1) is 0 Å². The van der Waals surface area contributed by atoms with E-state index in [1.165, 1.54) is 6.07 Å². The standard InChI is InChI=1S/C13H8F2N2O3S/c14-7-2-1-5(3-8(7)15)6-4-9(18)16-10-11(13(19)20)17-21-12(6)10/h1-3,6H,4H2,(H,16,18)(H,19,20)/t6-/m1/s1. The first-order valence-corrected chi connectivity index (χ1v) is 6.72. The molecule has 5 nitrogen and oxygen atoms in total. The lowest BCUT2D eigenvalue weighted by molar-refractivity contribution is -0.116. The molecule has 1 aromatic carbocycles. The molecule has 0 spiro atoms. The minimum Gasteiger partial charge on any atom is -0.476 e. The Kier molecular flexibility index (Phi) is 3.17. The van der Waals surface area contributed by atoms with Gasteiger partial charge < -0.3 is 10.4 Å². The molecule has 0 aliphatic carbocycles. The Labute approximate surface area is 121 Å². The molecule has 0 saturated carbocycles. The Morgan fingerprint density at radius 1 is 1.38 bits per heavy atom. The molecule has 0 unspecified atom stereocenters. The minimum absolute atomic E-state index is 0.0271. The van der Waals surface area contributed by atoms with Crippen LogP contribution in [0, 0.1) is 11.6 Å². The van der Waals surface area contributed by atoms with Gasteiger partial charge >= 0.3 is 5.97 Å². The van der Waals surface area contributed by atoms with Crippen LogP contribution in [0.5, 0.6) is 0 Å². The zero-order valence-electron chi connectivity index (χ0n) is 10.4. The summed E-state index contributed by atoms with van der Waals surface area (Å²) in [6, 6.07) is 3.38. The highest BCUT2D eigenvalue weighted by Gasteiger charge is 2.33. The van der Waals surface area contributed by atoms with Gasteiger partial charge in [-0.25, -0.2) is 13.6 Å².